The lowest BCUT2D eigenvalue weighted by atomic mass is 9.99. The van der Waals surface area contributed by atoms with E-state index in [9.17, 15) is 13.4 Å². The van der Waals surface area contributed by atoms with Gasteiger partial charge in [-0.25, -0.2) is 4.39 Å². The summed E-state index contributed by atoms with van der Waals surface area (Å²) >= 11 is 0. The molecular formula is C19H22FNO2S. The molecule has 1 N–H and O–H groups in total. The van der Waals surface area contributed by atoms with Gasteiger partial charge in [0.05, 0.1) is 6.04 Å². The highest BCUT2D eigenvalue weighted by Gasteiger charge is 2.21. The molecule has 128 valence electrons. The van der Waals surface area contributed by atoms with Gasteiger partial charge in [0.2, 0.25) is 5.91 Å². The number of amides is 1. The van der Waals surface area contributed by atoms with Crippen LogP contribution in [-0.2, 0) is 22.0 Å². The number of nitrogens with one attached hydrogen (secondary N) is 1. The zero-order valence-electron chi connectivity index (χ0n) is 13.9. The van der Waals surface area contributed by atoms with Crippen molar-refractivity contribution in [1.82, 2.24) is 5.32 Å². The third-order valence-electron chi connectivity index (χ3n) is 3.85. The van der Waals surface area contributed by atoms with Gasteiger partial charge in [0.1, 0.15) is 5.82 Å². The fraction of sp³-hybridized carbons (Fsp3) is 0.316. The van der Waals surface area contributed by atoms with Crippen molar-refractivity contribution < 1.29 is 13.4 Å². The number of carbonyl (C=O) groups is 1. The van der Waals surface area contributed by atoms with Gasteiger partial charge < -0.3 is 5.32 Å². The minimum absolute atomic E-state index is 0.169. The number of benzene rings is 2. The number of hydrogen-bond donors (Lipinski definition) is 1. The number of halogens is 1. The second kappa shape index (κ2) is 8.73. The van der Waals surface area contributed by atoms with Crippen LogP contribution in [0.1, 0.15) is 24.1 Å². The molecule has 0 spiro atoms. The molecule has 1 amide bonds. The maximum absolute atomic E-state index is 13.7. The summed E-state index contributed by atoms with van der Waals surface area (Å²) in [4.78, 5) is 12.5. The van der Waals surface area contributed by atoms with E-state index in [2.05, 4.69) is 5.32 Å². The molecule has 5 heteroatoms. The van der Waals surface area contributed by atoms with Crippen LogP contribution in [0.2, 0.25) is 0 Å². The zero-order chi connectivity index (χ0) is 17.5. The summed E-state index contributed by atoms with van der Waals surface area (Å²) < 4.78 is 25.4. The van der Waals surface area contributed by atoms with Gasteiger partial charge in [0.15, 0.2) is 0 Å². The Morgan fingerprint density at radius 3 is 2.38 bits per heavy atom. The van der Waals surface area contributed by atoms with Crippen LogP contribution in [0.4, 0.5) is 4.39 Å². The van der Waals surface area contributed by atoms with Crippen LogP contribution in [-0.4, -0.2) is 22.1 Å². The number of carbonyl (C=O) groups excluding carboxylic acids is 1. The van der Waals surface area contributed by atoms with Crippen molar-refractivity contribution in [3.05, 3.63) is 71.5 Å². The molecule has 0 radical (unpaired) electrons. The van der Waals surface area contributed by atoms with E-state index in [0.717, 1.165) is 5.56 Å². The topological polar surface area (TPSA) is 46.2 Å². The normalized spacial score (nSPS) is 14.6. The Kier molecular flexibility index (Phi) is 6.67. The summed E-state index contributed by atoms with van der Waals surface area (Å²) in [7, 11) is -1.04. The molecule has 3 atom stereocenters. The Balaban J connectivity index is 2.06. The van der Waals surface area contributed by atoms with Crippen LogP contribution in [0.5, 0.6) is 0 Å². The molecule has 3 nitrogen and oxygen atoms in total. The fourth-order valence-electron chi connectivity index (χ4n) is 2.54. The van der Waals surface area contributed by atoms with Gasteiger partial charge in [-0.2, -0.15) is 0 Å². The summed E-state index contributed by atoms with van der Waals surface area (Å²) in [6, 6.07) is 15.6. The van der Waals surface area contributed by atoms with E-state index in [1.807, 2.05) is 30.3 Å². The van der Waals surface area contributed by atoms with Crippen LogP contribution in [0, 0.1) is 11.7 Å². The van der Waals surface area contributed by atoms with Crippen molar-refractivity contribution in [1.29, 1.82) is 0 Å². The summed E-state index contributed by atoms with van der Waals surface area (Å²) in [6.07, 6.45) is 1.94. The number of hydrogen-bond acceptors (Lipinski definition) is 2. The molecule has 0 bridgehead atoms. The third kappa shape index (κ3) is 5.27. The molecule has 2 rings (SSSR count). The monoisotopic (exact) mass is 347 g/mol. The Hall–Kier alpha value is -2.01. The molecule has 24 heavy (non-hydrogen) atoms. The maximum Gasteiger partial charge on any atom is 0.223 e. The lowest BCUT2D eigenvalue weighted by Gasteiger charge is -2.21. The minimum Gasteiger partial charge on any atom is -0.348 e. The first-order valence-electron chi connectivity index (χ1n) is 7.86. The predicted octanol–water partition coefficient (Wildman–Crippen LogP) is 3.24. The summed E-state index contributed by atoms with van der Waals surface area (Å²) in [5.41, 5.74) is 1.44. The molecule has 0 fully saturated rings. The summed E-state index contributed by atoms with van der Waals surface area (Å²) in [5, 5.41) is 2.95. The smallest absolute Gasteiger partial charge is 0.223 e. The maximum atomic E-state index is 13.7. The summed E-state index contributed by atoms with van der Waals surface area (Å²) in [6.45, 7) is 1.77. The molecule has 0 aliphatic carbocycles. The first kappa shape index (κ1) is 18.3. The van der Waals surface area contributed by atoms with Crippen molar-refractivity contribution >= 4 is 16.7 Å². The van der Waals surface area contributed by atoms with Crippen LogP contribution in [0.15, 0.2) is 54.6 Å². The molecular weight excluding hydrogens is 325 g/mol. The molecule has 2 aromatic carbocycles. The van der Waals surface area contributed by atoms with Crippen LogP contribution in [0.3, 0.4) is 0 Å². The van der Waals surface area contributed by atoms with E-state index in [-0.39, 0.29) is 23.7 Å². The quantitative estimate of drug-likeness (QED) is 0.836. The van der Waals surface area contributed by atoms with E-state index >= 15 is 0 Å². The highest BCUT2D eigenvalue weighted by Crippen LogP contribution is 2.17. The van der Waals surface area contributed by atoms with Gasteiger partial charge >= 0.3 is 0 Å². The van der Waals surface area contributed by atoms with Gasteiger partial charge in [0, 0.05) is 28.7 Å². The van der Waals surface area contributed by atoms with E-state index in [4.69, 9.17) is 0 Å². The van der Waals surface area contributed by atoms with Crippen molar-refractivity contribution in [3.8, 4) is 0 Å². The van der Waals surface area contributed by atoms with Gasteiger partial charge in [-0.05, 0) is 23.6 Å². The fourth-order valence-corrected chi connectivity index (χ4v) is 3.29. The minimum atomic E-state index is -1.04. The average molecular weight is 347 g/mol. The Morgan fingerprint density at radius 1 is 1.12 bits per heavy atom. The van der Waals surface area contributed by atoms with Crippen molar-refractivity contribution in [2.75, 3.05) is 12.0 Å². The Labute approximate surface area is 144 Å². The summed E-state index contributed by atoms with van der Waals surface area (Å²) in [5.74, 6) is -0.496. The highest BCUT2D eigenvalue weighted by atomic mass is 32.2. The Bertz CT molecular complexity index is 706. The first-order valence-corrected chi connectivity index (χ1v) is 9.59. The van der Waals surface area contributed by atoms with Gasteiger partial charge in [-0.15, -0.1) is 0 Å². The number of rotatable bonds is 7. The van der Waals surface area contributed by atoms with E-state index < -0.39 is 10.8 Å². The molecule has 0 aliphatic heterocycles. The van der Waals surface area contributed by atoms with Crippen molar-refractivity contribution in [3.63, 3.8) is 0 Å². The lowest BCUT2D eigenvalue weighted by molar-refractivity contribution is -0.125. The van der Waals surface area contributed by atoms with Crippen LogP contribution in [0.25, 0.3) is 0 Å². The highest BCUT2D eigenvalue weighted by molar-refractivity contribution is 7.84. The first-order chi connectivity index (χ1) is 11.5. The van der Waals surface area contributed by atoms with Gasteiger partial charge in [0.25, 0.3) is 0 Å². The average Bonchev–Trinajstić information content (AvgIpc) is 2.56. The second-order valence-corrected chi connectivity index (χ2v) is 7.39. The zero-order valence-corrected chi connectivity index (χ0v) is 14.7. The third-order valence-corrected chi connectivity index (χ3v) is 4.65. The van der Waals surface area contributed by atoms with E-state index in [0.29, 0.717) is 17.7 Å². The molecule has 3 unspecified atom stereocenters. The van der Waals surface area contributed by atoms with E-state index in [1.54, 1.807) is 31.4 Å². The van der Waals surface area contributed by atoms with Gasteiger partial charge in [-0.3, -0.25) is 9.00 Å². The Morgan fingerprint density at radius 2 is 1.75 bits per heavy atom. The molecule has 0 aliphatic rings. The molecule has 0 heterocycles. The van der Waals surface area contributed by atoms with Gasteiger partial charge in [-0.1, -0.05) is 55.5 Å². The largest absolute Gasteiger partial charge is 0.348 e. The second-order valence-electron chi connectivity index (χ2n) is 5.91. The molecule has 0 aromatic heterocycles. The van der Waals surface area contributed by atoms with Crippen LogP contribution < -0.4 is 5.32 Å². The van der Waals surface area contributed by atoms with Crippen molar-refractivity contribution in [2.45, 2.75) is 19.4 Å². The predicted molar refractivity (Wildman–Crippen MR) is 95.5 cm³/mol. The molecule has 2 aromatic rings. The lowest BCUT2D eigenvalue weighted by Crippen LogP contribution is -2.36. The van der Waals surface area contributed by atoms with Crippen molar-refractivity contribution in [2.24, 2.45) is 5.92 Å². The van der Waals surface area contributed by atoms with E-state index in [1.165, 1.54) is 6.07 Å². The molecule has 0 saturated carbocycles. The molecule has 0 saturated heterocycles. The van der Waals surface area contributed by atoms with Crippen LogP contribution >= 0.6 is 0 Å². The standard InChI is InChI=1S/C19H22FNO2S/c1-14(12-16-10-6-7-11-17(16)20)19(22)21-18(13-24(2)23)15-8-4-3-5-9-15/h3-11,14,18H,12-13H2,1-2H3,(H,21,22). The SMILES string of the molecule is CC(Cc1ccccc1F)C(=O)NC(CS(C)=O)c1ccccc1.